The second kappa shape index (κ2) is 7.06. The van der Waals surface area contributed by atoms with Gasteiger partial charge in [0.1, 0.15) is 10.6 Å². The van der Waals surface area contributed by atoms with Crippen molar-refractivity contribution in [2.45, 2.75) is 11.3 Å². The Balaban J connectivity index is 2.00. The molecule has 8 heteroatoms. The van der Waals surface area contributed by atoms with E-state index in [0.29, 0.717) is 6.42 Å². The Morgan fingerprint density at radius 1 is 1.25 bits per heavy atom. The molecule has 1 aromatic carbocycles. The molecule has 2 aromatic rings. The Labute approximate surface area is 142 Å². The van der Waals surface area contributed by atoms with Gasteiger partial charge in [-0.1, -0.05) is 12.1 Å². The quantitative estimate of drug-likeness (QED) is 0.768. The van der Waals surface area contributed by atoms with Crippen LogP contribution in [0.15, 0.2) is 41.4 Å². The molecule has 7 nitrogen and oxygen atoms in total. The number of benzene rings is 1. The number of carbonyl (C=O) groups excluding carboxylic acids is 1. The first-order valence-corrected chi connectivity index (χ1v) is 8.91. The molecular formula is C16H22N4O3S. The van der Waals surface area contributed by atoms with Gasteiger partial charge in [0.25, 0.3) is 5.91 Å². The third kappa shape index (κ3) is 4.15. The van der Waals surface area contributed by atoms with Crippen molar-refractivity contribution >= 4 is 21.6 Å². The van der Waals surface area contributed by atoms with Crippen LogP contribution >= 0.6 is 0 Å². The zero-order chi connectivity index (χ0) is 17.9. The van der Waals surface area contributed by atoms with Crippen LogP contribution < -0.4 is 15.4 Å². The lowest BCUT2D eigenvalue weighted by Gasteiger charge is -2.12. The minimum absolute atomic E-state index is 0.0294. The molecule has 0 saturated heterocycles. The van der Waals surface area contributed by atoms with Crippen LogP contribution in [0.5, 0.6) is 0 Å². The maximum absolute atomic E-state index is 12.3. The monoisotopic (exact) mass is 350 g/mol. The number of nitrogens with one attached hydrogen (secondary N) is 1. The predicted molar refractivity (Wildman–Crippen MR) is 93.6 cm³/mol. The summed E-state index contributed by atoms with van der Waals surface area (Å²) in [6.45, 7) is 0.268. The van der Waals surface area contributed by atoms with Crippen LogP contribution in [0.3, 0.4) is 0 Å². The van der Waals surface area contributed by atoms with Crippen LogP contribution in [-0.2, 0) is 23.5 Å². The molecule has 0 radical (unpaired) electrons. The summed E-state index contributed by atoms with van der Waals surface area (Å²) in [6, 6.07) is 9.19. The number of rotatable bonds is 7. The molecule has 3 N–H and O–H groups in total. The Hall–Kier alpha value is -2.32. The number of aryl methyl sites for hydroxylation is 1. The van der Waals surface area contributed by atoms with Gasteiger partial charge in [0.05, 0.1) is 0 Å². The fraction of sp³-hybridized carbons (Fsp3) is 0.312. The van der Waals surface area contributed by atoms with Gasteiger partial charge < -0.3 is 15.2 Å². The summed E-state index contributed by atoms with van der Waals surface area (Å²) >= 11 is 0. The number of primary amides is 1. The Bertz CT molecular complexity index is 824. The molecule has 0 saturated carbocycles. The number of amides is 1. The summed E-state index contributed by atoms with van der Waals surface area (Å²) in [5, 5.41) is 0. The molecule has 130 valence electrons. The summed E-state index contributed by atoms with van der Waals surface area (Å²) < 4.78 is 28.5. The van der Waals surface area contributed by atoms with Gasteiger partial charge in [-0.15, -0.1) is 0 Å². The highest BCUT2D eigenvalue weighted by Gasteiger charge is 2.18. The van der Waals surface area contributed by atoms with E-state index in [2.05, 4.69) is 4.72 Å². The molecule has 0 aliphatic rings. The zero-order valence-corrected chi connectivity index (χ0v) is 14.8. The van der Waals surface area contributed by atoms with E-state index in [1.807, 2.05) is 43.3 Å². The molecule has 0 aliphatic heterocycles. The number of carbonyl (C=O) groups is 1. The fourth-order valence-electron chi connectivity index (χ4n) is 2.30. The summed E-state index contributed by atoms with van der Waals surface area (Å²) in [7, 11) is 1.82. The fourth-order valence-corrected chi connectivity index (χ4v) is 3.40. The van der Waals surface area contributed by atoms with E-state index in [1.165, 1.54) is 16.8 Å². The minimum Gasteiger partial charge on any atom is -0.378 e. The first-order valence-electron chi connectivity index (χ1n) is 7.43. The molecule has 0 fully saturated rings. The van der Waals surface area contributed by atoms with Crippen LogP contribution in [-0.4, -0.2) is 39.5 Å². The first kappa shape index (κ1) is 18.0. The number of hydrogen-bond acceptors (Lipinski definition) is 4. The van der Waals surface area contributed by atoms with Gasteiger partial charge in [0.15, 0.2) is 0 Å². The van der Waals surface area contributed by atoms with Gasteiger partial charge in [0, 0.05) is 39.6 Å². The lowest BCUT2D eigenvalue weighted by atomic mass is 10.1. The lowest BCUT2D eigenvalue weighted by molar-refractivity contribution is 0.0992. The third-order valence-corrected chi connectivity index (χ3v) is 5.13. The van der Waals surface area contributed by atoms with Gasteiger partial charge in [-0.05, 0) is 30.2 Å². The maximum Gasteiger partial charge on any atom is 0.265 e. The SMILES string of the molecule is CN(C)c1ccc(CCNS(=O)(=O)c2cc(C(N)=O)n(C)c2)cc1. The molecule has 2 rings (SSSR count). The van der Waals surface area contributed by atoms with Crippen molar-refractivity contribution < 1.29 is 13.2 Å². The predicted octanol–water partition coefficient (Wildman–Crippen LogP) is 0.711. The molecule has 0 bridgehead atoms. The number of nitrogens with two attached hydrogens (primary N) is 1. The van der Waals surface area contributed by atoms with Gasteiger partial charge in [-0.3, -0.25) is 4.79 Å². The number of anilines is 1. The van der Waals surface area contributed by atoms with Crippen LogP contribution in [0, 0.1) is 0 Å². The minimum atomic E-state index is -3.67. The lowest BCUT2D eigenvalue weighted by Crippen LogP contribution is -2.25. The third-order valence-electron chi connectivity index (χ3n) is 3.70. The standard InChI is InChI=1S/C16H22N4O3S/c1-19(2)13-6-4-12(5-7-13)8-9-18-24(22,23)14-10-15(16(17)21)20(3)11-14/h4-7,10-11,18H,8-9H2,1-3H3,(H2,17,21). The van der Waals surface area contributed by atoms with Gasteiger partial charge in [0.2, 0.25) is 10.0 Å². The summed E-state index contributed by atoms with van der Waals surface area (Å²) in [5.74, 6) is -0.667. The van der Waals surface area contributed by atoms with Gasteiger partial charge >= 0.3 is 0 Å². The van der Waals surface area contributed by atoms with Crippen molar-refractivity contribution in [1.82, 2.24) is 9.29 Å². The van der Waals surface area contributed by atoms with Crippen molar-refractivity contribution in [3.63, 3.8) is 0 Å². The van der Waals surface area contributed by atoms with Crippen LogP contribution in [0.1, 0.15) is 16.1 Å². The van der Waals surface area contributed by atoms with E-state index in [0.717, 1.165) is 11.3 Å². The molecule has 0 spiro atoms. The topological polar surface area (TPSA) is 97.4 Å². The van der Waals surface area contributed by atoms with Crippen molar-refractivity contribution in [3.05, 3.63) is 47.8 Å². The second-order valence-electron chi connectivity index (χ2n) is 5.74. The molecule has 0 atom stereocenters. The molecule has 24 heavy (non-hydrogen) atoms. The number of hydrogen-bond donors (Lipinski definition) is 2. The van der Waals surface area contributed by atoms with Gasteiger partial charge in [-0.2, -0.15) is 0 Å². The molecular weight excluding hydrogens is 328 g/mol. The van der Waals surface area contributed by atoms with Crippen molar-refractivity contribution in [2.24, 2.45) is 12.8 Å². The van der Waals surface area contributed by atoms with Crippen molar-refractivity contribution in [2.75, 3.05) is 25.5 Å². The summed E-state index contributed by atoms with van der Waals surface area (Å²) in [6.07, 6.45) is 1.94. The smallest absolute Gasteiger partial charge is 0.265 e. The van der Waals surface area contributed by atoms with E-state index in [1.54, 1.807) is 7.05 Å². The first-order chi connectivity index (χ1) is 11.2. The van der Waals surface area contributed by atoms with Crippen LogP contribution in [0.2, 0.25) is 0 Å². The largest absolute Gasteiger partial charge is 0.378 e. The summed E-state index contributed by atoms with van der Waals surface area (Å²) in [4.78, 5) is 13.2. The molecule has 1 amide bonds. The van der Waals surface area contributed by atoms with Crippen LogP contribution in [0.25, 0.3) is 0 Å². The summed E-state index contributed by atoms with van der Waals surface area (Å²) in [5.41, 5.74) is 7.47. The highest BCUT2D eigenvalue weighted by Crippen LogP contribution is 2.14. The maximum atomic E-state index is 12.3. The van der Waals surface area contributed by atoms with Crippen LogP contribution in [0.4, 0.5) is 5.69 Å². The Morgan fingerprint density at radius 3 is 2.38 bits per heavy atom. The number of nitrogens with zero attached hydrogens (tertiary/aromatic N) is 2. The highest BCUT2D eigenvalue weighted by molar-refractivity contribution is 7.89. The number of sulfonamides is 1. The average molecular weight is 350 g/mol. The van der Waals surface area contributed by atoms with Gasteiger partial charge in [-0.25, -0.2) is 13.1 Å². The van der Waals surface area contributed by atoms with E-state index in [9.17, 15) is 13.2 Å². The average Bonchev–Trinajstić information content (AvgIpc) is 2.90. The van der Waals surface area contributed by atoms with E-state index < -0.39 is 15.9 Å². The van der Waals surface area contributed by atoms with E-state index in [-0.39, 0.29) is 17.1 Å². The van der Waals surface area contributed by atoms with Crippen molar-refractivity contribution in [1.29, 1.82) is 0 Å². The molecule has 1 aromatic heterocycles. The number of aromatic nitrogens is 1. The zero-order valence-electron chi connectivity index (χ0n) is 14.0. The second-order valence-corrected chi connectivity index (χ2v) is 7.51. The Morgan fingerprint density at radius 2 is 1.88 bits per heavy atom. The van der Waals surface area contributed by atoms with E-state index in [4.69, 9.17) is 5.73 Å². The van der Waals surface area contributed by atoms with E-state index >= 15 is 0 Å². The molecule has 0 unspecified atom stereocenters. The molecule has 0 aliphatic carbocycles. The molecule has 1 heterocycles. The highest BCUT2D eigenvalue weighted by atomic mass is 32.2. The Kier molecular flexibility index (Phi) is 5.30. The van der Waals surface area contributed by atoms with Crippen molar-refractivity contribution in [3.8, 4) is 0 Å². The normalized spacial score (nSPS) is 11.5.